The molecule has 5 nitrogen and oxygen atoms in total. The summed E-state index contributed by atoms with van der Waals surface area (Å²) in [7, 11) is 0. The molecule has 0 atom stereocenters. The third-order valence-corrected chi connectivity index (χ3v) is 3.69. The maximum Gasteiger partial charge on any atom is 0.234 e. The Morgan fingerprint density at radius 1 is 1.10 bits per heavy atom. The number of nitrogens with two attached hydrogens (primary N) is 1. The molecule has 6 heteroatoms. The van der Waals surface area contributed by atoms with Crippen LogP contribution < -0.4 is 16.4 Å². The standard InChI is InChI=1S/C15H23N3O2S/c1-12-4-6-13(7-5-12)18-15(20)11-21-10-14(19)17-9-3-2-8-16/h4-7H,2-3,8-11,16H2,1H3,(H,17,19)(H,18,20). The Hall–Kier alpha value is -1.53. The number of unbranched alkanes of at least 4 members (excludes halogenated alkanes) is 1. The average Bonchev–Trinajstić information content (AvgIpc) is 2.46. The molecule has 0 aliphatic rings. The zero-order valence-corrected chi connectivity index (χ0v) is 13.2. The summed E-state index contributed by atoms with van der Waals surface area (Å²) < 4.78 is 0. The van der Waals surface area contributed by atoms with Gasteiger partial charge < -0.3 is 16.4 Å². The minimum atomic E-state index is -0.0974. The third-order valence-electron chi connectivity index (χ3n) is 2.75. The number of hydrogen-bond acceptors (Lipinski definition) is 4. The van der Waals surface area contributed by atoms with E-state index in [4.69, 9.17) is 5.73 Å². The molecule has 0 heterocycles. The highest BCUT2D eigenvalue weighted by atomic mass is 32.2. The molecule has 0 unspecified atom stereocenters. The summed E-state index contributed by atoms with van der Waals surface area (Å²) in [5.41, 5.74) is 7.29. The fourth-order valence-electron chi connectivity index (χ4n) is 1.62. The molecule has 0 bridgehead atoms. The largest absolute Gasteiger partial charge is 0.355 e. The normalized spacial score (nSPS) is 10.2. The van der Waals surface area contributed by atoms with Crippen molar-refractivity contribution < 1.29 is 9.59 Å². The van der Waals surface area contributed by atoms with Crippen molar-refractivity contribution >= 4 is 29.3 Å². The van der Waals surface area contributed by atoms with E-state index in [2.05, 4.69) is 10.6 Å². The van der Waals surface area contributed by atoms with E-state index in [1.165, 1.54) is 11.8 Å². The van der Waals surface area contributed by atoms with Gasteiger partial charge in [-0.15, -0.1) is 11.8 Å². The van der Waals surface area contributed by atoms with Gasteiger partial charge in [-0.1, -0.05) is 17.7 Å². The number of carbonyl (C=O) groups excluding carboxylic acids is 2. The first-order valence-corrected chi connectivity index (χ1v) is 8.18. The molecule has 0 saturated heterocycles. The number of anilines is 1. The number of amides is 2. The SMILES string of the molecule is Cc1ccc(NC(=O)CSCC(=O)NCCCCN)cc1. The number of benzene rings is 1. The fourth-order valence-corrected chi connectivity index (χ4v) is 2.27. The van der Waals surface area contributed by atoms with Crippen molar-refractivity contribution in [3.63, 3.8) is 0 Å². The van der Waals surface area contributed by atoms with E-state index >= 15 is 0 Å². The smallest absolute Gasteiger partial charge is 0.234 e. The van der Waals surface area contributed by atoms with E-state index in [0.717, 1.165) is 24.1 Å². The zero-order valence-electron chi connectivity index (χ0n) is 12.4. The number of thioether (sulfide) groups is 1. The topological polar surface area (TPSA) is 84.2 Å². The zero-order chi connectivity index (χ0) is 15.5. The molecule has 0 radical (unpaired) electrons. The summed E-state index contributed by atoms with van der Waals surface area (Å²) in [6, 6.07) is 7.61. The second-order valence-electron chi connectivity index (χ2n) is 4.75. The number of nitrogens with one attached hydrogen (secondary N) is 2. The van der Waals surface area contributed by atoms with Gasteiger partial charge in [0, 0.05) is 12.2 Å². The molecule has 1 aromatic carbocycles. The second-order valence-corrected chi connectivity index (χ2v) is 5.74. The quantitative estimate of drug-likeness (QED) is 0.604. The second kappa shape index (κ2) is 10.2. The Balaban J connectivity index is 2.12. The monoisotopic (exact) mass is 309 g/mol. The summed E-state index contributed by atoms with van der Waals surface area (Å²) >= 11 is 1.31. The lowest BCUT2D eigenvalue weighted by atomic mass is 10.2. The fraction of sp³-hybridized carbons (Fsp3) is 0.467. The van der Waals surface area contributed by atoms with Crippen molar-refractivity contribution in [3.05, 3.63) is 29.8 Å². The first-order chi connectivity index (χ1) is 10.1. The van der Waals surface area contributed by atoms with Gasteiger partial charge in [-0.3, -0.25) is 9.59 Å². The van der Waals surface area contributed by atoms with Crippen molar-refractivity contribution in [3.8, 4) is 0 Å². The van der Waals surface area contributed by atoms with Crippen molar-refractivity contribution in [1.29, 1.82) is 0 Å². The van der Waals surface area contributed by atoms with Gasteiger partial charge in [-0.2, -0.15) is 0 Å². The third kappa shape index (κ3) is 8.37. The van der Waals surface area contributed by atoms with Gasteiger partial charge in [0.15, 0.2) is 0 Å². The Morgan fingerprint density at radius 3 is 2.43 bits per heavy atom. The molecule has 0 spiro atoms. The van der Waals surface area contributed by atoms with E-state index in [-0.39, 0.29) is 17.6 Å². The summed E-state index contributed by atoms with van der Waals surface area (Å²) in [4.78, 5) is 23.2. The van der Waals surface area contributed by atoms with Crippen molar-refractivity contribution in [2.75, 3.05) is 29.9 Å². The molecule has 1 rings (SSSR count). The van der Waals surface area contributed by atoms with Crippen LogP contribution in [0.3, 0.4) is 0 Å². The highest BCUT2D eigenvalue weighted by Gasteiger charge is 2.05. The van der Waals surface area contributed by atoms with Crippen LogP contribution in [-0.2, 0) is 9.59 Å². The molecule has 0 aliphatic heterocycles. The highest BCUT2D eigenvalue weighted by Crippen LogP contribution is 2.09. The molecule has 4 N–H and O–H groups in total. The molecule has 21 heavy (non-hydrogen) atoms. The van der Waals surface area contributed by atoms with Crippen LogP contribution in [0.1, 0.15) is 18.4 Å². The molecule has 0 saturated carbocycles. The number of aryl methyl sites for hydroxylation is 1. The Morgan fingerprint density at radius 2 is 1.76 bits per heavy atom. The first-order valence-electron chi connectivity index (χ1n) is 7.03. The van der Waals surface area contributed by atoms with Crippen LogP contribution in [0, 0.1) is 6.92 Å². The van der Waals surface area contributed by atoms with Crippen molar-refractivity contribution in [2.45, 2.75) is 19.8 Å². The number of rotatable bonds is 9. The minimum Gasteiger partial charge on any atom is -0.355 e. The van der Waals surface area contributed by atoms with Crippen LogP contribution in [0.5, 0.6) is 0 Å². The van der Waals surface area contributed by atoms with Crippen LogP contribution in [-0.4, -0.2) is 36.4 Å². The van der Waals surface area contributed by atoms with E-state index in [1.807, 2.05) is 31.2 Å². The highest BCUT2D eigenvalue weighted by molar-refractivity contribution is 8.00. The van der Waals surface area contributed by atoms with Crippen molar-refractivity contribution in [2.24, 2.45) is 5.73 Å². The predicted molar refractivity (Wildman–Crippen MR) is 88.4 cm³/mol. The van der Waals surface area contributed by atoms with E-state index in [1.54, 1.807) is 0 Å². The van der Waals surface area contributed by atoms with Gasteiger partial charge in [0.1, 0.15) is 0 Å². The van der Waals surface area contributed by atoms with Crippen LogP contribution in [0.15, 0.2) is 24.3 Å². The van der Waals surface area contributed by atoms with Gasteiger partial charge in [-0.05, 0) is 38.4 Å². The summed E-state index contributed by atoms with van der Waals surface area (Å²) in [6.45, 7) is 3.28. The molecule has 0 fully saturated rings. The van der Waals surface area contributed by atoms with Gasteiger partial charge in [0.25, 0.3) is 0 Å². The molecule has 116 valence electrons. The van der Waals surface area contributed by atoms with E-state index < -0.39 is 0 Å². The molecular weight excluding hydrogens is 286 g/mol. The number of hydrogen-bond donors (Lipinski definition) is 3. The maximum atomic E-state index is 11.7. The van der Waals surface area contributed by atoms with E-state index in [0.29, 0.717) is 18.8 Å². The van der Waals surface area contributed by atoms with Crippen LogP contribution in [0.25, 0.3) is 0 Å². The van der Waals surface area contributed by atoms with Gasteiger partial charge in [0.2, 0.25) is 11.8 Å². The minimum absolute atomic E-state index is 0.0415. The van der Waals surface area contributed by atoms with Crippen molar-refractivity contribution in [1.82, 2.24) is 5.32 Å². The summed E-state index contributed by atoms with van der Waals surface area (Å²) in [5.74, 6) is 0.425. The Kier molecular flexibility index (Phi) is 8.54. The average molecular weight is 309 g/mol. The lowest BCUT2D eigenvalue weighted by Gasteiger charge is -2.06. The molecule has 0 aliphatic carbocycles. The number of carbonyl (C=O) groups is 2. The van der Waals surface area contributed by atoms with Crippen LogP contribution >= 0.6 is 11.8 Å². The Bertz CT molecular complexity index is 449. The lowest BCUT2D eigenvalue weighted by molar-refractivity contribution is -0.118. The van der Waals surface area contributed by atoms with Crippen LogP contribution in [0.2, 0.25) is 0 Å². The van der Waals surface area contributed by atoms with Crippen LogP contribution in [0.4, 0.5) is 5.69 Å². The predicted octanol–water partition coefficient (Wildman–Crippen LogP) is 1.52. The molecular formula is C15H23N3O2S. The van der Waals surface area contributed by atoms with Gasteiger partial charge in [-0.25, -0.2) is 0 Å². The summed E-state index contributed by atoms with van der Waals surface area (Å²) in [5, 5.41) is 5.60. The Labute approximate surface area is 130 Å². The maximum absolute atomic E-state index is 11.7. The van der Waals surface area contributed by atoms with E-state index in [9.17, 15) is 9.59 Å². The molecule has 0 aromatic heterocycles. The molecule has 1 aromatic rings. The van der Waals surface area contributed by atoms with Gasteiger partial charge in [0.05, 0.1) is 11.5 Å². The first kappa shape index (κ1) is 17.5. The summed E-state index contributed by atoms with van der Waals surface area (Å²) in [6.07, 6.45) is 1.80. The molecule has 2 amide bonds. The van der Waals surface area contributed by atoms with Gasteiger partial charge >= 0.3 is 0 Å². The lowest BCUT2D eigenvalue weighted by Crippen LogP contribution is -2.27.